The van der Waals surface area contributed by atoms with Crippen LogP contribution in [0.3, 0.4) is 0 Å². The van der Waals surface area contributed by atoms with E-state index in [1.165, 1.54) is 0 Å². The minimum atomic E-state index is -5.55. The monoisotopic (exact) mass is 659 g/mol. The number of halogens is 9. The third kappa shape index (κ3) is 5.65. The van der Waals surface area contributed by atoms with Crippen molar-refractivity contribution in [2.24, 2.45) is 0 Å². The molecule has 2 aromatic carbocycles. The summed E-state index contributed by atoms with van der Waals surface area (Å²) >= 11 is 0. The van der Waals surface area contributed by atoms with Gasteiger partial charge in [0.15, 0.2) is 0 Å². The first-order valence-electron chi connectivity index (χ1n) is 13.3. The number of nitrogens with one attached hydrogen (secondary N) is 1. The van der Waals surface area contributed by atoms with Gasteiger partial charge in [-0.3, -0.25) is 9.78 Å². The molecule has 1 aliphatic heterocycles. The van der Waals surface area contributed by atoms with Crippen molar-refractivity contribution in [2.75, 3.05) is 33.6 Å². The molecule has 5 rings (SSSR count). The van der Waals surface area contributed by atoms with E-state index >= 15 is 0 Å². The number of hydrogen-bond acceptors (Lipinski definition) is 6. The number of ether oxygens (including phenoxy) is 2. The molecule has 1 atom stereocenters. The molecule has 16 heteroatoms. The number of aromatic nitrogens is 2. The Morgan fingerprint density at radius 3 is 2.30 bits per heavy atom. The van der Waals surface area contributed by atoms with E-state index in [4.69, 9.17) is 9.47 Å². The Balaban J connectivity index is 1.58. The van der Waals surface area contributed by atoms with Gasteiger partial charge in [-0.25, -0.2) is 18.2 Å². The average molecular weight is 660 g/mol. The van der Waals surface area contributed by atoms with Gasteiger partial charge in [0.25, 0.3) is 5.91 Å². The van der Waals surface area contributed by atoms with Crippen molar-refractivity contribution < 1.29 is 58.9 Å². The standard InChI is InChI=1S/C30H22F9N3O4/c1-45-21-8-17(6-16-7-18(29(34,35)36)10-40-23(16)21)26(43)41-13-28(44,30(37,38)39)22-9-20-25(46-14-27(20,11-31)12-32)24(42-22)15-2-4-19(33)5-3-15/h2-10,44H,11-14H2,1H3,(H,41,43)/t28-/m0/s1. The van der Waals surface area contributed by atoms with Crippen molar-refractivity contribution >= 4 is 16.8 Å². The third-order valence-electron chi connectivity index (χ3n) is 7.62. The van der Waals surface area contributed by atoms with E-state index in [9.17, 15) is 49.4 Å². The molecule has 3 heterocycles. The largest absolute Gasteiger partial charge is 0.494 e. The zero-order valence-electron chi connectivity index (χ0n) is 23.5. The number of hydrogen-bond donors (Lipinski definition) is 2. The third-order valence-corrected chi connectivity index (χ3v) is 7.62. The SMILES string of the molecule is COc1cc(C(=O)NC[C@](O)(c2cc3c(c(-c4ccc(F)cc4)n2)OCC3(CF)CF)C(F)(F)F)cc2cc(C(F)(F)F)cnc12. The van der Waals surface area contributed by atoms with Crippen LogP contribution in [0.2, 0.25) is 0 Å². The first-order chi connectivity index (χ1) is 21.6. The van der Waals surface area contributed by atoms with Gasteiger partial charge in [-0.2, -0.15) is 26.3 Å². The smallest absolute Gasteiger partial charge is 0.424 e. The van der Waals surface area contributed by atoms with Crippen molar-refractivity contribution in [1.82, 2.24) is 15.3 Å². The van der Waals surface area contributed by atoms with Gasteiger partial charge in [-0.15, -0.1) is 0 Å². The molecular formula is C30H22F9N3O4. The summed E-state index contributed by atoms with van der Waals surface area (Å²) in [5.74, 6) is -2.40. The Morgan fingerprint density at radius 2 is 1.72 bits per heavy atom. The quantitative estimate of drug-likeness (QED) is 0.219. The minimum absolute atomic E-state index is 0.00308. The molecule has 244 valence electrons. The fraction of sp³-hybridized carbons (Fsp3) is 0.300. The molecule has 1 aliphatic rings. The summed E-state index contributed by atoms with van der Waals surface area (Å²) in [5, 5.41) is 12.8. The van der Waals surface area contributed by atoms with Crippen LogP contribution < -0.4 is 14.8 Å². The second-order valence-corrected chi connectivity index (χ2v) is 10.6. The maximum Gasteiger partial charge on any atom is 0.424 e. The minimum Gasteiger partial charge on any atom is -0.494 e. The van der Waals surface area contributed by atoms with Crippen LogP contribution in [0.4, 0.5) is 39.5 Å². The molecule has 2 aromatic heterocycles. The van der Waals surface area contributed by atoms with Crippen LogP contribution >= 0.6 is 0 Å². The van der Waals surface area contributed by atoms with Crippen molar-refractivity contribution in [3.05, 3.63) is 82.9 Å². The van der Waals surface area contributed by atoms with Crippen LogP contribution in [-0.2, 0) is 17.2 Å². The van der Waals surface area contributed by atoms with Gasteiger partial charge in [0.2, 0.25) is 5.60 Å². The molecule has 0 radical (unpaired) electrons. The summed E-state index contributed by atoms with van der Waals surface area (Å²) in [6.45, 7) is -4.98. The summed E-state index contributed by atoms with van der Waals surface area (Å²) in [6.07, 6.45) is -9.80. The fourth-order valence-electron chi connectivity index (χ4n) is 4.94. The molecule has 0 aliphatic carbocycles. The zero-order chi connectivity index (χ0) is 33.7. The van der Waals surface area contributed by atoms with Crippen LogP contribution in [0.5, 0.6) is 11.5 Å². The molecule has 0 bridgehead atoms. The van der Waals surface area contributed by atoms with E-state index in [0.29, 0.717) is 18.3 Å². The molecular weight excluding hydrogens is 637 g/mol. The summed E-state index contributed by atoms with van der Waals surface area (Å²) in [5.41, 5.74) is -9.59. The molecule has 1 amide bonds. The van der Waals surface area contributed by atoms with Crippen LogP contribution in [-0.4, -0.2) is 60.8 Å². The maximum absolute atomic E-state index is 14.6. The van der Waals surface area contributed by atoms with Gasteiger partial charge < -0.3 is 19.9 Å². The van der Waals surface area contributed by atoms with E-state index in [-0.39, 0.29) is 39.2 Å². The van der Waals surface area contributed by atoms with E-state index in [0.717, 1.165) is 43.5 Å². The molecule has 46 heavy (non-hydrogen) atoms. The topological polar surface area (TPSA) is 93.6 Å². The molecule has 0 fully saturated rings. The van der Waals surface area contributed by atoms with Gasteiger partial charge >= 0.3 is 12.4 Å². The first-order valence-corrected chi connectivity index (χ1v) is 13.3. The van der Waals surface area contributed by atoms with Crippen molar-refractivity contribution in [2.45, 2.75) is 23.4 Å². The summed E-state index contributed by atoms with van der Waals surface area (Å²) < 4.78 is 136. The summed E-state index contributed by atoms with van der Waals surface area (Å²) in [7, 11) is 1.13. The molecule has 0 saturated heterocycles. The number of carbonyl (C=O) groups is 1. The Kier molecular flexibility index (Phi) is 8.30. The van der Waals surface area contributed by atoms with Gasteiger partial charge in [0, 0.05) is 28.3 Å². The van der Waals surface area contributed by atoms with E-state index < -0.39 is 78.4 Å². The number of alkyl halides is 8. The Hall–Kier alpha value is -4.60. The predicted molar refractivity (Wildman–Crippen MR) is 144 cm³/mol. The van der Waals surface area contributed by atoms with Crippen LogP contribution in [0.15, 0.2) is 54.7 Å². The summed E-state index contributed by atoms with van der Waals surface area (Å²) in [6, 6.07) is 7.47. The van der Waals surface area contributed by atoms with Crippen LogP contribution in [0.25, 0.3) is 22.2 Å². The highest BCUT2D eigenvalue weighted by Gasteiger charge is 2.57. The van der Waals surface area contributed by atoms with Gasteiger partial charge in [-0.1, -0.05) is 0 Å². The normalized spacial score (nSPS) is 15.6. The van der Waals surface area contributed by atoms with Crippen LogP contribution in [0, 0.1) is 5.82 Å². The molecule has 0 saturated carbocycles. The Morgan fingerprint density at radius 1 is 1.04 bits per heavy atom. The van der Waals surface area contributed by atoms with Crippen molar-refractivity contribution in [3.8, 4) is 22.8 Å². The number of carbonyl (C=O) groups excluding carboxylic acids is 1. The molecule has 7 nitrogen and oxygen atoms in total. The Bertz CT molecular complexity index is 1790. The van der Waals surface area contributed by atoms with E-state index in [1.54, 1.807) is 0 Å². The number of fused-ring (bicyclic) bond motifs is 2. The highest BCUT2D eigenvalue weighted by atomic mass is 19.4. The first kappa shape index (κ1) is 32.8. The lowest BCUT2D eigenvalue weighted by atomic mass is 9.82. The fourth-order valence-corrected chi connectivity index (χ4v) is 4.94. The maximum atomic E-state index is 14.6. The van der Waals surface area contributed by atoms with Gasteiger partial charge in [0.1, 0.15) is 48.5 Å². The number of pyridine rings is 2. The number of nitrogens with zero attached hydrogens (tertiary/aromatic N) is 2. The summed E-state index contributed by atoms with van der Waals surface area (Å²) in [4.78, 5) is 20.7. The highest BCUT2D eigenvalue weighted by Crippen LogP contribution is 2.48. The van der Waals surface area contributed by atoms with E-state index in [1.807, 2.05) is 5.32 Å². The highest BCUT2D eigenvalue weighted by molar-refractivity contribution is 6.00. The Labute approximate surface area is 254 Å². The lowest BCUT2D eigenvalue weighted by Gasteiger charge is -2.31. The molecule has 0 spiro atoms. The lowest BCUT2D eigenvalue weighted by Crippen LogP contribution is -2.51. The van der Waals surface area contributed by atoms with Crippen molar-refractivity contribution in [3.63, 3.8) is 0 Å². The number of benzene rings is 2. The zero-order valence-corrected chi connectivity index (χ0v) is 23.5. The van der Waals surface area contributed by atoms with Gasteiger partial charge in [-0.05, 0) is 48.5 Å². The average Bonchev–Trinajstić information content (AvgIpc) is 3.40. The number of methoxy groups -OCH3 is 1. The van der Waals surface area contributed by atoms with E-state index in [2.05, 4.69) is 9.97 Å². The second-order valence-electron chi connectivity index (χ2n) is 10.6. The van der Waals surface area contributed by atoms with Crippen molar-refractivity contribution in [1.29, 1.82) is 0 Å². The number of rotatable bonds is 8. The van der Waals surface area contributed by atoms with Crippen LogP contribution in [0.1, 0.15) is 27.2 Å². The molecule has 0 unspecified atom stereocenters. The second kappa shape index (κ2) is 11.6. The predicted octanol–water partition coefficient (Wildman–Crippen LogP) is 6.21. The lowest BCUT2D eigenvalue weighted by molar-refractivity contribution is -0.265. The molecule has 4 aromatic rings. The van der Waals surface area contributed by atoms with Gasteiger partial charge in [0.05, 0.1) is 30.3 Å². The number of aliphatic hydroxyl groups is 1. The number of amides is 1. The molecule has 2 N–H and O–H groups in total.